The molecule has 200 valence electrons. The van der Waals surface area contributed by atoms with Gasteiger partial charge in [0, 0.05) is 54.3 Å². The van der Waals surface area contributed by atoms with Crippen LogP contribution >= 0.6 is 0 Å². The molecule has 1 unspecified atom stereocenters. The van der Waals surface area contributed by atoms with Gasteiger partial charge in [-0.1, -0.05) is 6.42 Å². The normalized spacial score (nSPS) is 25.3. The lowest BCUT2D eigenvalue weighted by Crippen LogP contribution is -2.56. The number of aromatic amines is 1. The lowest BCUT2D eigenvalue weighted by atomic mass is 9.81. The van der Waals surface area contributed by atoms with Gasteiger partial charge in [0.15, 0.2) is 5.82 Å². The monoisotopic (exact) mass is 519 g/mol. The molecule has 11 heteroatoms. The summed E-state index contributed by atoms with van der Waals surface area (Å²) in [5.41, 5.74) is 1.82. The van der Waals surface area contributed by atoms with Gasteiger partial charge in [-0.3, -0.25) is 14.8 Å². The number of nitrogens with zero attached hydrogens (tertiary/aromatic N) is 4. The van der Waals surface area contributed by atoms with Crippen LogP contribution in [0.4, 0.5) is 17.5 Å². The summed E-state index contributed by atoms with van der Waals surface area (Å²) in [4.78, 5) is 35.8. The highest BCUT2D eigenvalue weighted by Gasteiger charge is 2.40. The number of pyridine rings is 2. The third-order valence-electron chi connectivity index (χ3n) is 7.89. The Morgan fingerprint density at radius 2 is 1.97 bits per heavy atom. The van der Waals surface area contributed by atoms with Gasteiger partial charge in [-0.25, -0.2) is 14.8 Å². The maximum Gasteiger partial charge on any atom is 0.356 e. The van der Waals surface area contributed by atoms with Crippen LogP contribution in [0.25, 0.3) is 10.9 Å². The molecule has 3 aliphatic heterocycles. The molecule has 3 aliphatic rings. The summed E-state index contributed by atoms with van der Waals surface area (Å²) in [6.07, 6.45) is 6.87. The number of fused-ring (bicyclic) bond motifs is 3. The number of hydrogen-bond acceptors (Lipinski definition) is 10. The van der Waals surface area contributed by atoms with E-state index in [4.69, 9.17) is 14.5 Å². The first-order valence-electron chi connectivity index (χ1n) is 13.4. The van der Waals surface area contributed by atoms with Crippen molar-refractivity contribution >= 4 is 40.3 Å². The minimum absolute atomic E-state index is 0.0178. The van der Waals surface area contributed by atoms with Gasteiger partial charge < -0.3 is 20.1 Å². The fraction of sp³-hybridized carbons (Fsp3) is 0.519. The number of carbonyl (C=O) groups is 2. The number of nitrogens with one attached hydrogen (secondary N) is 3. The van der Waals surface area contributed by atoms with Crippen LogP contribution in [-0.4, -0.2) is 74.9 Å². The Labute approximate surface area is 220 Å². The molecular formula is C27H33N7O4. The van der Waals surface area contributed by atoms with E-state index in [1.807, 2.05) is 25.1 Å². The lowest BCUT2D eigenvalue weighted by molar-refractivity contribution is -0.143. The highest BCUT2D eigenvalue weighted by Crippen LogP contribution is 2.37. The van der Waals surface area contributed by atoms with Gasteiger partial charge in [-0.2, -0.15) is 5.10 Å². The number of piperidine rings is 2. The topological polar surface area (TPSA) is 134 Å². The molecule has 3 fully saturated rings. The second kappa shape index (κ2) is 10.2. The standard InChI is InChI=1S/C27H33N7O4/c1-15-10-24(33-32-15)30-23-13-22-20(7-8-21(29-22)27(36)37-2)26(31-23)28-16-11-17-4-3-5-18(12-16)34(17)14-19-6-9-25(35)38-19/h7-8,10,13,16-19H,3-6,9,11-12,14H2,1-2H3,(H3,28,30,31,32,33)/t16?,17-,18+,19-/m1/s1. The molecule has 3 aromatic heterocycles. The second-order valence-electron chi connectivity index (χ2n) is 10.6. The Bertz CT molecular complexity index is 1340. The number of H-pyrrole nitrogens is 1. The first kappa shape index (κ1) is 24.6. The molecule has 3 saturated heterocycles. The number of anilines is 3. The number of hydrogen-bond donors (Lipinski definition) is 3. The van der Waals surface area contributed by atoms with Crippen LogP contribution in [0.1, 0.15) is 61.1 Å². The first-order valence-corrected chi connectivity index (χ1v) is 13.4. The molecule has 6 heterocycles. The van der Waals surface area contributed by atoms with E-state index < -0.39 is 5.97 Å². The Hall–Kier alpha value is -3.73. The average Bonchev–Trinajstić information content (AvgIpc) is 3.50. The maximum atomic E-state index is 12.1. The Morgan fingerprint density at radius 3 is 2.66 bits per heavy atom. The average molecular weight is 520 g/mol. The summed E-state index contributed by atoms with van der Waals surface area (Å²) >= 11 is 0. The van der Waals surface area contributed by atoms with Gasteiger partial charge in [-0.05, 0) is 51.2 Å². The molecule has 0 amide bonds. The number of aryl methyl sites for hydroxylation is 1. The van der Waals surface area contributed by atoms with E-state index in [0.29, 0.717) is 35.7 Å². The molecule has 3 aromatic rings. The fourth-order valence-corrected chi connectivity index (χ4v) is 6.17. The number of rotatable bonds is 7. The zero-order valence-corrected chi connectivity index (χ0v) is 21.7. The predicted octanol–water partition coefficient (Wildman–Crippen LogP) is 3.69. The second-order valence-corrected chi connectivity index (χ2v) is 10.6. The molecule has 0 aromatic carbocycles. The number of cyclic esters (lactones) is 1. The van der Waals surface area contributed by atoms with E-state index in [-0.39, 0.29) is 23.8 Å². The van der Waals surface area contributed by atoms with Crippen molar-refractivity contribution in [3.05, 3.63) is 35.7 Å². The fourth-order valence-electron chi connectivity index (χ4n) is 6.17. The number of esters is 2. The van der Waals surface area contributed by atoms with E-state index >= 15 is 0 Å². The molecule has 0 spiro atoms. The molecule has 6 rings (SSSR count). The van der Waals surface area contributed by atoms with Crippen LogP contribution in [0.3, 0.4) is 0 Å². The maximum absolute atomic E-state index is 12.1. The van der Waals surface area contributed by atoms with Crippen molar-refractivity contribution in [1.29, 1.82) is 0 Å². The minimum Gasteiger partial charge on any atom is -0.464 e. The van der Waals surface area contributed by atoms with Crippen LogP contribution < -0.4 is 10.6 Å². The largest absolute Gasteiger partial charge is 0.464 e. The van der Waals surface area contributed by atoms with Gasteiger partial charge in [-0.15, -0.1) is 0 Å². The third kappa shape index (κ3) is 5.02. The molecule has 0 aliphatic carbocycles. The van der Waals surface area contributed by atoms with Gasteiger partial charge >= 0.3 is 11.9 Å². The van der Waals surface area contributed by atoms with Gasteiger partial charge in [0.25, 0.3) is 0 Å². The molecule has 2 bridgehead atoms. The number of ether oxygens (including phenoxy) is 2. The molecular weight excluding hydrogens is 486 g/mol. The highest BCUT2D eigenvalue weighted by atomic mass is 16.5. The quantitative estimate of drug-likeness (QED) is 0.397. The zero-order valence-electron chi connectivity index (χ0n) is 21.7. The van der Waals surface area contributed by atoms with Crippen LogP contribution in [0.2, 0.25) is 0 Å². The van der Waals surface area contributed by atoms with Gasteiger partial charge in [0.05, 0.1) is 12.6 Å². The first-order chi connectivity index (χ1) is 18.4. The van der Waals surface area contributed by atoms with Crippen molar-refractivity contribution in [1.82, 2.24) is 25.1 Å². The summed E-state index contributed by atoms with van der Waals surface area (Å²) in [6, 6.07) is 8.40. The summed E-state index contributed by atoms with van der Waals surface area (Å²) in [5.74, 6) is 1.41. The number of aromatic nitrogens is 4. The minimum atomic E-state index is -0.483. The SMILES string of the molecule is COC(=O)c1ccc2c(NC3C[C@H]4CCC[C@@H](C3)N4C[C@H]3CCC(=O)O3)nc(Nc3cc(C)[nH]n3)cc2n1. The number of carbonyl (C=O) groups excluding carboxylic acids is 2. The molecule has 0 saturated carbocycles. The molecule has 38 heavy (non-hydrogen) atoms. The summed E-state index contributed by atoms with van der Waals surface area (Å²) in [7, 11) is 1.35. The lowest BCUT2D eigenvalue weighted by Gasteiger charge is -2.49. The predicted molar refractivity (Wildman–Crippen MR) is 141 cm³/mol. The van der Waals surface area contributed by atoms with E-state index in [9.17, 15) is 9.59 Å². The highest BCUT2D eigenvalue weighted by molar-refractivity contribution is 5.96. The zero-order chi connectivity index (χ0) is 26.2. The van der Waals surface area contributed by atoms with Crippen LogP contribution in [0.5, 0.6) is 0 Å². The van der Waals surface area contributed by atoms with Crippen molar-refractivity contribution in [3.8, 4) is 0 Å². The van der Waals surface area contributed by atoms with E-state index in [0.717, 1.165) is 55.5 Å². The van der Waals surface area contributed by atoms with Gasteiger partial charge in [0.1, 0.15) is 23.4 Å². The molecule has 11 nitrogen and oxygen atoms in total. The van der Waals surface area contributed by atoms with Crippen LogP contribution in [-0.2, 0) is 14.3 Å². The van der Waals surface area contributed by atoms with Crippen molar-refractivity contribution in [3.63, 3.8) is 0 Å². The summed E-state index contributed by atoms with van der Waals surface area (Å²) < 4.78 is 10.4. The van der Waals surface area contributed by atoms with E-state index in [1.165, 1.54) is 13.5 Å². The van der Waals surface area contributed by atoms with Crippen molar-refractivity contribution in [2.45, 2.75) is 76.1 Å². The Balaban J connectivity index is 1.26. The summed E-state index contributed by atoms with van der Waals surface area (Å²) in [6.45, 7) is 2.76. The van der Waals surface area contributed by atoms with E-state index in [2.05, 4.69) is 30.7 Å². The Morgan fingerprint density at radius 1 is 1.16 bits per heavy atom. The Kier molecular flexibility index (Phi) is 6.61. The van der Waals surface area contributed by atoms with Crippen LogP contribution in [0, 0.1) is 6.92 Å². The van der Waals surface area contributed by atoms with E-state index in [1.54, 1.807) is 6.07 Å². The van der Waals surface area contributed by atoms with Crippen molar-refractivity contribution < 1.29 is 19.1 Å². The van der Waals surface area contributed by atoms with Crippen molar-refractivity contribution in [2.75, 3.05) is 24.3 Å². The summed E-state index contributed by atoms with van der Waals surface area (Å²) in [5, 5.41) is 15.0. The molecule has 4 atom stereocenters. The third-order valence-corrected chi connectivity index (χ3v) is 7.89. The molecule has 0 radical (unpaired) electrons. The van der Waals surface area contributed by atoms with Crippen molar-refractivity contribution in [2.24, 2.45) is 0 Å². The van der Waals surface area contributed by atoms with Crippen LogP contribution in [0.15, 0.2) is 24.3 Å². The van der Waals surface area contributed by atoms with Gasteiger partial charge in [0.2, 0.25) is 0 Å². The number of methoxy groups -OCH3 is 1. The molecule has 3 N–H and O–H groups in total. The smallest absolute Gasteiger partial charge is 0.356 e.